The van der Waals surface area contributed by atoms with E-state index in [0.717, 1.165) is 24.6 Å². The lowest BCUT2D eigenvalue weighted by molar-refractivity contribution is -0.140. The SMILES string of the molecule is CCOC(=O)C1=C(C(F)(F)F)N=C2SC=C(CC(=O)NCC3CCCO3)N2C1c1ccccc1OC. The lowest BCUT2D eigenvalue weighted by Crippen LogP contribution is -2.40. The molecule has 0 aromatic heterocycles. The topological polar surface area (TPSA) is 89.5 Å². The van der Waals surface area contributed by atoms with Gasteiger partial charge in [0, 0.05) is 24.4 Å². The first-order chi connectivity index (χ1) is 17.2. The van der Waals surface area contributed by atoms with E-state index in [0.29, 0.717) is 24.4 Å². The average molecular weight is 526 g/mol. The third kappa shape index (κ3) is 5.39. The summed E-state index contributed by atoms with van der Waals surface area (Å²) in [7, 11) is 1.39. The van der Waals surface area contributed by atoms with E-state index >= 15 is 0 Å². The van der Waals surface area contributed by atoms with Crippen LogP contribution in [0.15, 0.2) is 51.6 Å². The second kappa shape index (κ2) is 11.0. The van der Waals surface area contributed by atoms with Crippen LogP contribution in [0.1, 0.15) is 37.8 Å². The van der Waals surface area contributed by atoms with Crippen molar-refractivity contribution in [3.63, 3.8) is 0 Å². The molecule has 0 spiro atoms. The van der Waals surface area contributed by atoms with Crippen LogP contribution in [-0.2, 0) is 19.1 Å². The number of rotatable bonds is 8. The monoisotopic (exact) mass is 525 g/mol. The quantitative estimate of drug-likeness (QED) is 0.512. The molecule has 1 aromatic carbocycles. The van der Waals surface area contributed by atoms with Gasteiger partial charge < -0.3 is 24.4 Å². The highest BCUT2D eigenvalue weighted by atomic mass is 32.2. The van der Waals surface area contributed by atoms with Gasteiger partial charge in [0.15, 0.2) is 10.9 Å². The van der Waals surface area contributed by atoms with E-state index in [2.05, 4.69) is 10.3 Å². The summed E-state index contributed by atoms with van der Waals surface area (Å²) in [6.07, 6.45) is -3.31. The fraction of sp³-hybridized carbons (Fsp3) is 0.458. The van der Waals surface area contributed by atoms with Gasteiger partial charge in [-0.25, -0.2) is 9.79 Å². The third-order valence-corrected chi connectivity index (χ3v) is 6.79. The number of para-hydroxylation sites is 1. The van der Waals surface area contributed by atoms with Crippen molar-refractivity contribution in [1.82, 2.24) is 10.2 Å². The molecule has 0 bridgehead atoms. The molecule has 2 atom stereocenters. The molecule has 3 aliphatic rings. The Morgan fingerprint density at radius 3 is 2.75 bits per heavy atom. The van der Waals surface area contributed by atoms with Gasteiger partial charge >= 0.3 is 12.1 Å². The van der Waals surface area contributed by atoms with Crippen molar-refractivity contribution in [3.05, 3.63) is 52.2 Å². The highest BCUT2D eigenvalue weighted by Gasteiger charge is 2.49. The van der Waals surface area contributed by atoms with E-state index in [1.807, 2.05) is 0 Å². The molecule has 3 aliphatic heterocycles. The number of amides is 1. The molecular formula is C24H26F3N3O5S. The minimum Gasteiger partial charge on any atom is -0.496 e. The number of amidine groups is 1. The molecule has 1 fully saturated rings. The maximum absolute atomic E-state index is 14.2. The molecule has 0 saturated carbocycles. The number of alkyl halides is 3. The van der Waals surface area contributed by atoms with Crippen LogP contribution in [-0.4, -0.2) is 61.1 Å². The Hall–Kier alpha value is -2.99. The van der Waals surface area contributed by atoms with Crippen molar-refractivity contribution in [2.24, 2.45) is 4.99 Å². The van der Waals surface area contributed by atoms with E-state index < -0.39 is 29.5 Å². The van der Waals surface area contributed by atoms with Crippen molar-refractivity contribution < 1.29 is 37.0 Å². The lowest BCUT2D eigenvalue weighted by atomic mass is 9.92. The zero-order valence-corrected chi connectivity index (χ0v) is 20.6. The number of fused-ring (bicyclic) bond motifs is 1. The maximum atomic E-state index is 14.2. The number of nitrogens with zero attached hydrogens (tertiary/aromatic N) is 2. The Morgan fingerprint density at radius 1 is 1.31 bits per heavy atom. The first-order valence-corrected chi connectivity index (χ1v) is 12.4. The van der Waals surface area contributed by atoms with Gasteiger partial charge in [-0.05, 0) is 31.2 Å². The number of carbonyl (C=O) groups is 2. The number of nitrogens with one attached hydrogen (secondary N) is 1. The van der Waals surface area contributed by atoms with Crippen molar-refractivity contribution in [2.45, 2.75) is 44.5 Å². The van der Waals surface area contributed by atoms with Crippen molar-refractivity contribution in [3.8, 4) is 5.75 Å². The molecule has 12 heteroatoms. The van der Waals surface area contributed by atoms with Crippen LogP contribution in [0.5, 0.6) is 5.75 Å². The Balaban J connectivity index is 1.73. The molecule has 1 saturated heterocycles. The molecule has 1 N–H and O–H groups in total. The van der Waals surface area contributed by atoms with Crippen LogP contribution >= 0.6 is 11.8 Å². The van der Waals surface area contributed by atoms with Gasteiger partial charge in [0.05, 0.1) is 37.9 Å². The minimum atomic E-state index is -4.91. The number of benzene rings is 1. The van der Waals surface area contributed by atoms with E-state index in [1.54, 1.807) is 29.7 Å². The first kappa shape index (κ1) is 26.1. The summed E-state index contributed by atoms with van der Waals surface area (Å²) in [6.45, 7) is 2.39. The highest BCUT2D eigenvalue weighted by Crippen LogP contribution is 2.49. The van der Waals surface area contributed by atoms with Crippen LogP contribution in [0.3, 0.4) is 0 Å². The molecule has 4 rings (SSSR count). The van der Waals surface area contributed by atoms with E-state index in [1.165, 1.54) is 18.9 Å². The van der Waals surface area contributed by atoms with Crippen molar-refractivity contribution >= 4 is 28.8 Å². The molecular weight excluding hydrogens is 499 g/mol. The largest absolute Gasteiger partial charge is 0.496 e. The number of halogens is 3. The minimum absolute atomic E-state index is 0.00760. The molecule has 2 unspecified atom stereocenters. The summed E-state index contributed by atoms with van der Waals surface area (Å²) < 4.78 is 58.4. The summed E-state index contributed by atoms with van der Waals surface area (Å²) in [5.41, 5.74) is -1.27. The fourth-order valence-electron chi connectivity index (χ4n) is 4.34. The van der Waals surface area contributed by atoms with Gasteiger partial charge in [0.2, 0.25) is 5.91 Å². The fourth-order valence-corrected chi connectivity index (χ4v) is 5.25. The van der Waals surface area contributed by atoms with Gasteiger partial charge in [-0.15, -0.1) is 0 Å². The maximum Gasteiger partial charge on any atom is 0.434 e. The predicted octanol–water partition coefficient (Wildman–Crippen LogP) is 4.06. The smallest absolute Gasteiger partial charge is 0.434 e. The molecule has 0 radical (unpaired) electrons. The predicted molar refractivity (Wildman–Crippen MR) is 127 cm³/mol. The number of thioether (sulfide) groups is 1. The van der Waals surface area contributed by atoms with Crippen LogP contribution in [0.4, 0.5) is 13.2 Å². The number of allylic oxidation sites excluding steroid dienone is 1. The summed E-state index contributed by atoms with van der Waals surface area (Å²) >= 11 is 0.961. The number of aliphatic imine (C=N–C) groups is 1. The molecule has 0 aliphatic carbocycles. The Bertz CT molecular complexity index is 1110. The standard InChI is InChI=1S/C24H26F3N3O5S/c1-3-34-22(32)19-20(16-8-4-5-9-17(16)33-2)30-14(11-18(31)28-12-15-7-6-10-35-15)13-36-23(30)29-21(19)24(25,26)27/h4-5,8-9,13,15,20H,3,6-7,10-12H2,1-2H3,(H,28,31). The van der Waals surface area contributed by atoms with E-state index in [4.69, 9.17) is 14.2 Å². The summed E-state index contributed by atoms with van der Waals surface area (Å²) in [5, 5.41) is 4.41. The Morgan fingerprint density at radius 2 is 2.08 bits per heavy atom. The summed E-state index contributed by atoms with van der Waals surface area (Å²) in [5.74, 6) is -1.17. The Labute approximate surface area is 210 Å². The number of hydrogen-bond acceptors (Lipinski definition) is 8. The Kier molecular flexibility index (Phi) is 7.94. The van der Waals surface area contributed by atoms with E-state index in [9.17, 15) is 22.8 Å². The number of carbonyl (C=O) groups excluding carboxylic acids is 2. The van der Waals surface area contributed by atoms with Crippen LogP contribution in [0, 0.1) is 0 Å². The first-order valence-electron chi connectivity index (χ1n) is 11.5. The molecule has 194 valence electrons. The number of hydrogen-bond donors (Lipinski definition) is 1. The third-order valence-electron chi connectivity index (χ3n) is 5.90. The van der Waals surface area contributed by atoms with Gasteiger partial charge in [-0.2, -0.15) is 13.2 Å². The second-order valence-corrected chi connectivity index (χ2v) is 9.07. The van der Waals surface area contributed by atoms with Gasteiger partial charge in [0.1, 0.15) is 5.75 Å². The zero-order valence-electron chi connectivity index (χ0n) is 19.8. The van der Waals surface area contributed by atoms with Crippen molar-refractivity contribution in [2.75, 3.05) is 26.9 Å². The van der Waals surface area contributed by atoms with Gasteiger partial charge in [0.25, 0.3) is 0 Å². The van der Waals surface area contributed by atoms with Gasteiger partial charge in [-0.1, -0.05) is 30.0 Å². The molecule has 3 heterocycles. The van der Waals surface area contributed by atoms with Gasteiger partial charge in [-0.3, -0.25) is 4.79 Å². The lowest BCUT2D eigenvalue weighted by Gasteiger charge is -2.37. The second-order valence-electron chi connectivity index (χ2n) is 8.23. The molecule has 8 nitrogen and oxygen atoms in total. The molecule has 1 amide bonds. The molecule has 1 aromatic rings. The normalized spacial score (nSPS) is 21.6. The van der Waals surface area contributed by atoms with Crippen LogP contribution in [0.2, 0.25) is 0 Å². The highest BCUT2D eigenvalue weighted by molar-refractivity contribution is 8.16. The van der Waals surface area contributed by atoms with E-state index in [-0.39, 0.29) is 36.0 Å². The zero-order chi connectivity index (χ0) is 25.9. The number of methoxy groups -OCH3 is 1. The van der Waals surface area contributed by atoms with Crippen LogP contribution in [0.25, 0.3) is 0 Å². The van der Waals surface area contributed by atoms with Crippen molar-refractivity contribution in [1.29, 1.82) is 0 Å². The molecule has 36 heavy (non-hydrogen) atoms. The summed E-state index contributed by atoms with van der Waals surface area (Å²) in [6, 6.07) is 5.22. The average Bonchev–Trinajstić information content (AvgIpc) is 3.51. The summed E-state index contributed by atoms with van der Waals surface area (Å²) in [4.78, 5) is 31.0. The number of esters is 1. The number of ether oxygens (including phenoxy) is 3. The van der Waals surface area contributed by atoms with Crippen LogP contribution < -0.4 is 10.1 Å².